The number of aliphatic carboxylic acids is 1. The molecule has 0 fully saturated rings. The molecule has 6 nitrogen and oxygen atoms in total. The van der Waals surface area contributed by atoms with Gasteiger partial charge in [-0.1, -0.05) is 29.3 Å². The molecule has 0 saturated carbocycles. The van der Waals surface area contributed by atoms with Gasteiger partial charge >= 0.3 is 5.97 Å². The van der Waals surface area contributed by atoms with Gasteiger partial charge in [0.25, 0.3) is 10.0 Å². The summed E-state index contributed by atoms with van der Waals surface area (Å²) in [6.45, 7) is 0. The highest BCUT2D eigenvalue weighted by atomic mass is 35.5. The Morgan fingerprint density at radius 3 is 2.56 bits per heavy atom. The average molecular weight is 510 g/mol. The van der Waals surface area contributed by atoms with Gasteiger partial charge in [-0.15, -0.1) is 11.3 Å². The van der Waals surface area contributed by atoms with Crippen LogP contribution in [-0.4, -0.2) is 30.6 Å². The topological polar surface area (TPSA) is 85.6 Å². The van der Waals surface area contributed by atoms with E-state index in [1.807, 2.05) is 0 Å². The fraction of sp³-hybridized carbons (Fsp3) is 0.136. The number of nitrogens with zero attached hydrogens (tertiary/aromatic N) is 1. The largest absolute Gasteiger partial charge is 0.497 e. The van der Waals surface area contributed by atoms with Crippen molar-refractivity contribution in [3.8, 4) is 16.2 Å². The van der Waals surface area contributed by atoms with Gasteiger partial charge in [-0.2, -0.15) is 8.42 Å². The average Bonchev–Trinajstić information content (AvgIpc) is 3.40. The maximum Gasteiger partial charge on any atom is 0.303 e. The van der Waals surface area contributed by atoms with Gasteiger partial charge < -0.3 is 9.84 Å². The summed E-state index contributed by atoms with van der Waals surface area (Å²) < 4.78 is 33.6. The van der Waals surface area contributed by atoms with Crippen LogP contribution in [0.4, 0.5) is 0 Å². The molecule has 0 aliphatic rings. The van der Waals surface area contributed by atoms with Crippen molar-refractivity contribution in [3.05, 3.63) is 70.3 Å². The van der Waals surface area contributed by atoms with Crippen molar-refractivity contribution in [1.29, 1.82) is 0 Å². The molecule has 4 rings (SSSR count). The Bertz CT molecular complexity index is 1440. The number of thiophene rings is 1. The van der Waals surface area contributed by atoms with Crippen LogP contribution in [0.2, 0.25) is 10.0 Å². The van der Waals surface area contributed by atoms with Crippen molar-refractivity contribution in [1.82, 2.24) is 3.97 Å². The summed E-state index contributed by atoms with van der Waals surface area (Å²) >= 11 is 13.2. The van der Waals surface area contributed by atoms with E-state index >= 15 is 0 Å². The number of benzene rings is 2. The van der Waals surface area contributed by atoms with Crippen molar-refractivity contribution in [3.63, 3.8) is 0 Å². The molecule has 4 aromatic rings. The van der Waals surface area contributed by atoms with Crippen LogP contribution in [0.25, 0.3) is 21.3 Å². The van der Waals surface area contributed by atoms with Crippen molar-refractivity contribution < 1.29 is 23.1 Å². The van der Waals surface area contributed by atoms with Crippen LogP contribution in [0.15, 0.2) is 58.9 Å². The number of rotatable bonds is 7. The fourth-order valence-corrected chi connectivity index (χ4v) is 6.45. The molecule has 166 valence electrons. The number of aromatic nitrogens is 1. The minimum Gasteiger partial charge on any atom is -0.497 e. The highest BCUT2D eigenvalue weighted by Crippen LogP contribution is 2.36. The zero-order valence-corrected chi connectivity index (χ0v) is 19.9. The van der Waals surface area contributed by atoms with Crippen LogP contribution in [0.5, 0.6) is 5.75 Å². The van der Waals surface area contributed by atoms with E-state index in [2.05, 4.69) is 0 Å². The second-order valence-corrected chi connectivity index (χ2v) is 10.9. The number of methoxy groups -OCH3 is 1. The van der Waals surface area contributed by atoms with Gasteiger partial charge in [0.15, 0.2) is 0 Å². The lowest BCUT2D eigenvalue weighted by atomic mass is 10.1. The summed E-state index contributed by atoms with van der Waals surface area (Å²) in [5.41, 5.74) is 1.83. The Morgan fingerprint density at radius 2 is 1.88 bits per heavy atom. The lowest BCUT2D eigenvalue weighted by molar-refractivity contribution is -0.136. The first-order chi connectivity index (χ1) is 15.2. The van der Waals surface area contributed by atoms with E-state index in [1.54, 1.807) is 48.5 Å². The number of carboxylic acid groups (broad SMARTS) is 1. The maximum atomic E-state index is 13.5. The number of aryl methyl sites for hydroxylation is 1. The molecule has 2 aromatic heterocycles. The van der Waals surface area contributed by atoms with Gasteiger partial charge in [-0.25, -0.2) is 3.97 Å². The molecule has 10 heteroatoms. The Kier molecular flexibility index (Phi) is 6.22. The molecular weight excluding hydrogens is 493 g/mol. The van der Waals surface area contributed by atoms with Crippen LogP contribution in [0.3, 0.4) is 0 Å². The molecule has 0 aliphatic heterocycles. The van der Waals surface area contributed by atoms with E-state index in [-0.39, 0.29) is 17.1 Å². The lowest BCUT2D eigenvalue weighted by Crippen LogP contribution is -2.10. The van der Waals surface area contributed by atoms with Crippen LogP contribution in [0.1, 0.15) is 12.0 Å². The number of halogens is 2. The van der Waals surface area contributed by atoms with Crippen LogP contribution < -0.4 is 4.74 Å². The van der Waals surface area contributed by atoms with Gasteiger partial charge in [0.05, 0.1) is 22.7 Å². The van der Waals surface area contributed by atoms with E-state index in [4.69, 9.17) is 33.0 Å². The van der Waals surface area contributed by atoms with Crippen molar-refractivity contribution in [2.24, 2.45) is 0 Å². The SMILES string of the molecule is COc1ccc2c(c1)c(CCC(=O)O)cn2S(=O)(=O)c1ccc(-c2ccc(Cl)c(Cl)c2)s1. The van der Waals surface area contributed by atoms with Gasteiger partial charge in [0.1, 0.15) is 9.96 Å². The first-order valence-corrected chi connectivity index (χ1v) is 12.4. The minimum absolute atomic E-state index is 0.114. The molecule has 2 heterocycles. The predicted molar refractivity (Wildman–Crippen MR) is 127 cm³/mol. The molecule has 0 unspecified atom stereocenters. The number of ether oxygens (including phenoxy) is 1. The smallest absolute Gasteiger partial charge is 0.303 e. The third-order valence-electron chi connectivity index (χ3n) is 4.97. The van der Waals surface area contributed by atoms with E-state index in [0.717, 1.165) is 21.8 Å². The molecule has 0 amide bonds. The molecule has 0 atom stereocenters. The number of carbonyl (C=O) groups is 1. The van der Waals surface area contributed by atoms with E-state index in [9.17, 15) is 13.2 Å². The lowest BCUT2D eigenvalue weighted by Gasteiger charge is -2.06. The normalized spacial score (nSPS) is 11.7. The Labute approximate surface area is 198 Å². The van der Waals surface area contributed by atoms with E-state index in [0.29, 0.717) is 32.3 Å². The second-order valence-electron chi connectivity index (χ2n) is 6.98. The first kappa shape index (κ1) is 22.7. The Balaban J connectivity index is 1.80. The third-order valence-corrected chi connectivity index (χ3v) is 8.98. The molecule has 0 bridgehead atoms. The number of carboxylic acids is 1. The highest BCUT2D eigenvalue weighted by molar-refractivity contribution is 7.92. The molecule has 0 saturated heterocycles. The summed E-state index contributed by atoms with van der Waals surface area (Å²) in [4.78, 5) is 11.8. The molecular formula is C22H17Cl2NO5S2. The standard InChI is InChI=1S/C22H17Cl2NO5S2/c1-30-15-4-6-19-16(11-15)14(3-8-21(26)27)12-25(19)32(28,29)22-9-7-20(31-22)13-2-5-17(23)18(24)10-13/h2,4-7,9-12H,3,8H2,1H3,(H,26,27). The van der Waals surface area contributed by atoms with E-state index < -0.39 is 16.0 Å². The predicted octanol–water partition coefficient (Wildman–Crippen LogP) is 5.94. The summed E-state index contributed by atoms with van der Waals surface area (Å²) in [6.07, 6.45) is 1.57. The first-order valence-electron chi connectivity index (χ1n) is 9.41. The molecule has 0 aliphatic carbocycles. The van der Waals surface area contributed by atoms with Crippen molar-refractivity contribution >= 4 is 61.4 Å². The molecule has 2 aromatic carbocycles. The summed E-state index contributed by atoms with van der Waals surface area (Å²) in [6, 6.07) is 13.4. The summed E-state index contributed by atoms with van der Waals surface area (Å²) in [7, 11) is -2.40. The highest BCUT2D eigenvalue weighted by Gasteiger charge is 2.24. The number of fused-ring (bicyclic) bond motifs is 1. The van der Waals surface area contributed by atoms with Gasteiger partial charge in [-0.05, 0) is 60.0 Å². The van der Waals surface area contributed by atoms with E-state index in [1.165, 1.54) is 17.3 Å². The Morgan fingerprint density at radius 1 is 1.09 bits per heavy atom. The van der Waals surface area contributed by atoms with Crippen molar-refractivity contribution in [2.45, 2.75) is 17.1 Å². The van der Waals surface area contributed by atoms with Gasteiger partial charge in [0, 0.05) is 22.9 Å². The van der Waals surface area contributed by atoms with Gasteiger partial charge in [0.2, 0.25) is 0 Å². The zero-order valence-electron chi connectivity index (χ0n) is 16.7. The maximum absolute atomic E-state index is 13.5. The van der Waals surface area contributed by atoms with Crippen LogP contribution >= 0.6 is 34.5 Å². The zero-order chi connectivity index (χ0) is 23.0. The quantitative estimate of drug-likeness (QED) is 0.333. The van der Waals surface area contributed by atoms with Crippen molar-refractivity contribution in [2.75, 3.05) is 7.11 Å². The summed E-state index contributed by atoms with van der Waals surface area (Å²) in [5.74, 6) is -0.400. The fourth-order valence-electron chi connectivity index (χ4n) is 3.37. The molecule has 0 radical (unpaired) electrons. The number of hydrogen-bond acceptors (Lipinski definition) is 5. The van der Waals surface area contributed by atoms with Crippen LogP contribution in [0, 0.1) is 0 Å². The van der Waals surface area contributed by atoms with Crippen LogP contribution in [-0.2, 0) is 21.2 Å². The molecule has 1 N–H and O–H groups in total. The monoisotopic (exact) mass is 509 g/mol. The second kappa shape index (κ2) is 8.78. The Hall–Kier alpha value is -2.52. The third kappa shape index (κ3) is 4.23. The minimum atomic E-state index is -3.92. The number of hydrogen-bond donors (Lipinski definition) is 1. The van der Waals surface area contributed by atoms with Gasteiger partial charge in [-0.3, -0.25) is 4.79 Å². The molecule has 0 spiro atoms. The molecule has 32 heavy (non-hydrogen) atoms. The summed E-state index contributed by atoms with van der Waals surface area (Å²) in [5, 5.41) is 10.5.